The Bertz CT molecular complexity index is 378. The Morgan fingerprint density at radius 1 is 1.05 bits per heavy atom. The van der Waals surface area contributed by atoms with E-state index in [1.54, 1.807) is 6.92 Å². The van der Waals surface area contributed by atoms with Crippen LogP contribution >= 0.6 is 0 Å². The van der Waals surface area contributed by atoms with Crippen molar-refractivity contribution in [1.82, 2.24) is 10.2 Å². The Balaban J connectivity index is 1.98. The molecule has 0 aromatic rings. The molecule has 1 atom stereocenters. The highest BCUT2D eigenvalue weighted by Crippen LogP contribution is 2.28. The Labute approximate surface area is 127 Å². The van der Waals surface area contributed by atoms with Crippen molar-refractivity contribution in [1.29, 1.82) is 0 Å². The van der Waals surface area contributed by atoms with Crippen LogP contribution in [-0.2, 0) is 4.79 Å². The maximum Gasteiger partial charge on any atom is 0.329 e. The van der Waals surface area contributed by atoms with Crippen molar-refractivity contribution in [2.24, 2.45) is 0 Å². The van der Waals surface area contributed by atoms with Crippen LogP contribution in [0.5, 0.6) is 0 Å². The summed E-state index contributed by atoms with van der Waals surface area (Å²) in [7, 11) is 0. The number of piperidine rings is 1. The molecule has 21 heavy (non-hydrogen) atoms. The minimum atomic E-state index is -1.05. The second kappa shape index (κ2) is 7.14. The molecular formula is C16H28N2O3. The number of likely N-dealkylation sites (tertiary alicyclic amines) is 1. The highest BCUT2D eigenvalue weighted by molar-refractivity contribution is 5.86. The first-order valence-electron chi connectivity index (χ1n) is 8.35. The van der Waals surface area contributed by atoms with Gasteiger partial charge in [-0.3, -0.25) is 0 Å². The first-order chi connectivity index (χ1) is 10.0. The Kier molecular flexibility index (Phi) is 5.48. The molecule has 0 aromatic carbocycles. The summed E-state index contributed by atoms with van der Waals surface area (Å²) in [4.78, 5) is 25.6. The zero-order valence-corrected chi connectivity index (χ0v) is 13.1. The summed E-state index contributed by atoms with van der Waals surface area (Å²) in [6, 6.07) is 0.0166. The molecule has 1 saturated heterocycles. The van der Waals surface area contributed by atoms with E-state index in [2.05, 4.69) is 5.32 Å². The van der Waals surface area contributed by atoms with E-state index >= 15 is 0 Å². The van der Waals surface area contributed by atoms with Crippen molar-refractivity contribution in [3.05, 3.63) is 0 Å². The maximum absolute atomic E-state index is 12.5. The van der Waals surface area contributed by atoms with Crippen molar-refractivity contribution in [3.63, 3.8) is 0 Å². The molecule has 5 heteroatoms. The summed E-state index contributed by atoms with van der Waals surface area (Å²) >= 11 is 0. The molecule has 0 aromatic heterocycles. The standard InChI is InChI=1S/C16H28N2O3/c1-16(14(19)20)11-7-8-12-18(16)15(21)17-13-9-5-3-2-4-6-10-13/h13H,2-12H2,1H3,(H,17,21)(H,19,20). The number of carboxylic acids is 1. The number of nitrogens with one attached hydrogen (secondary N) is 1. The second-order valence-corrected chi connectivity index (χ2v) is 6.68. The summed E-state index contributed by atoms with van der Waals surface area (Å²) in [6.45, 7) is 2.22. The van der Waals surface area contributed by atoms with Gasteiger partial charge in [-0.05, 0) is 39.0 Å². The molecule has 0 spiro atoms. The number of rotatable bonds is 2. The molecule has 2 N–H and O–H groups in total. The average Bonchev–Trinajstić information content (AvgIpc) is 2.41. The van der Waals surface area contributed by atoms with E-state index < -0.39 is 11.5 Å². The summed E-state index contributed by atoms with van der Waals surface area (Å²) in [5.74, 6) is -0.894. The van der Waals surface area contributed by atoms with Gasteiger partial charge in [-0.25, -0.2) is 9.59 Å². The van der Waals surface area contributed by atoms with Crippen LogP contribution < -0.4 is 5.32 Å². The van der Waals surface area contributed by atoms with Crippen molar-refractivity contribution < 1.29 is 14.7 Å². The average molecular weight is 296 g/mol. The first kappa shape index (κ1) is 16.1. The van der Waals surface area contributed by atoms with Crippen LogP contribution in [-0.4, -0.2) is 40.1 Å². The molecule has 0 radical (unpaired) electrons. The van der Waals surface area contributed by atoms with Gasteiger partial charge in [-0.1, -0.05) is 32.1 Å². The van der Waals surface area contributed by atoms with Gasteiger partial charge >= 0.3 is 12.0 Å². The monoisotopic (exact) mass is 296 g/mol. The lowest BCUT2D eigenvalue weighted by atomic mass is 9.88. The molecule has 2 fully saturated rings. The van der Waals surface area contributed by atoms with Crippen LogP contribution in [0.3, 0.4) is 0 Å². The van der Waals surface area contributed by atoms with Crippen LogP contribution in [0.1, 0.15) is 71.1 Å². The van der Waals surface area contributed by atoms with Gasteiger partial charge in [0.2, 0.25) is 0 Å². The SMILES string of the molecule is CC1(C(=O)O)CCCCN1C(=O)NC1CCCCCCC1. The van der Waals surface area contributed by atoms with Crippen LogP contribution in [0.15, 0.2) is 0 Å². The lowest BCUT2D eigenvalue weighted by Gasteiger charge is -2.42. The largest absolute Gasteiger partial charge is 0.480 e. The number of carboxylic acid groups (broad SMARTS) is 1. The van der Waals surface area contributed by atoms with Crippen molar-refractivity contribution in [2.45, 2.75) is 82.7 Å². The van der Waals surface area contributed by atoms with E-state index in [0.717, 1.165) is 38.5 Å². The predicted molar refractivity (Wildman–Crippen MR) is 81.2 cm³/mol. The normalized spacial score (nSPS) is 28.5. The third kappa shape index (κ3) is 3.89. The van der Waals surface area contributed by atoms with Gasteiger partial charge in [0.15, 0.2) is 0 Å². The molecule has 2 rings (SSSR count). The molecule has 1 saturated carbocycles. The fourth-order valence-corrected chi connectivity index (χ4v) is 3.52. The number of aliphatic carboxylic acids is 1. The minimum Gasteiger partial charge on any atom is -0.480 e. The van der Waals surface area contributed by atoms with E-state index in [0.29, 0.717) is 13.0 Å². The molecule has 0 bridgehead atoms. The van der Waals surface area contributed by atoms with Gasteiger partial charge in [0, 0.05) is 12.6 Å². The van der Waals surface area contributed by atoms with Gasteiger partial charge in [-0.2, -0.15) is 0 Å². The quantitative estimate of drug-likeness (QED) is 0.822. The fourth-order valence-electron chi connectivity index (χ4n) is 3.52. The number of carbonyl (C=O) groups excluding carboxylic acids is 1. The number of hydrogen-bond acceptors (Lipinski definition) is 2. The fraction of sp³-hybridized carbons (Fsp3) is 0.875. The first-order valence-corrected chi connectivity index (χ1v) is 8.35. The highest BCUT2D eigenvalue weighted by atomic mass is 16.4. The molecule has 1 aliphatic carbocycles. The van der Waals surface area contributed by atoms with E-state index in [1.165, 1.54) is 24.2 Å². The molecule has 1 heterocycles. The molecule has 120 valence electrons. The molecule has 2 amide bonds. The van der Waals surface area contributed by atoms with E-state index in [-0.39, 0.29) is 12.1 Å². The Morgan fingerprint density at radius 2 is 1.67 bits per heavy atom. The van der Waals surface area contributed by atoms with Gasteiger partial charge in [-0.15, -0.1) is 0 Å². The number of nitrogens with zero attached hydrogens (tertiary/aromatic N) is 1. The lowest BCUT2D eigenvalue weighted by molar-refractivity contribution is -0.150. The topological polar surface area (TPSA) is 69.6 Å². The van der Waals surface area contributed by atoms with E-state index in [4.69, 9.17) is 0 Å². The number of hydrogen-bond donors (Lipinski definition) is 2. The minimum absolute atomic E-state index is 0.190. The number of amides is 2. The smallest absolute Gasteiger partial charge is 0.329 e. The highest BCUT2D eigenvalue weighted by Gasteiger charge is 2.44. The second-order valence-electron chi connectivity index (χ2n) is 6.68. The predicted octanol–water partition coefficient (Wildman–Crippen LogP) is 3.14. The van der Waals surface area contributed by atoms with Crippen molar-refractivity contribution in [3.8, 4) is 0 Å². The van der Waals surface area contributed by atoms with Crippen LogP contribution in [0, 0.1) is 0 Å². The van der Waals surface area contributed by atoms with Gasteiger partial charge in [0.25, 0.3) is 0 Å². The van der Waals surface area contributed by atoms with Crippen molar-refractivity contribution in [2.75, 3.05) is 6.54 Å². The lowest BCUT2D eigenvalue weighted by Crippen LogP contribution is -2.61. The summed E-state index contributed by atoms with van der Waals surface area (Å²) in [5.41, 5.74) is -1.05. The van der Waals surface area contributed by atoms with Gasteiger partial charge in [0.05, 0.1) is 0 Å². The number of urea groups is 1. The van der Waals surface area contributed by atoms with Crippen molar-refractivity contribution >= 4 is 12.0 Å². The summed E-state index contributed by atoms with van der Waals surface area (Å²) in [6.07, 6.45) is 10.4. The molecule has 1 unspecified atom stereocenters. The molecule has 5 nitrogen and oxygen atoms in total. The number of carbonyl (C=O) groups is 2. The van der Waals surface area contributed by atoms with Crippen LogP contribution in [0.4, 0.5) is 4.79 Å². The van der Waals surface area contributed by atoms with Gasteiger partial charge in [0.1, 0.15) is 5.54 Å². The van der Waals surface area contributed by atoms with E-state index in [1.807, 2.05) is 0 Å². The summed E-state index contributed by atoms with van der Waals surface area (Å²) < 4.78 is 0. The third-order valence-electron chi connectivity index (χ3n) is 5.03. The Morgan fingerprint density at radius 3 is 2.29 bits per heavy atom. The zero-order chi connectivity index (χ0) is 15.3. The van der Waals surface area contributed by atoms with E-state index in [9.17, 15) is 14.7 Å². The summed E-state index contributed by atoms with van der Waals surface area (Å²) in [5, 5.41) is 12.6. The van der Waals surface area contributed by atoms with Gasteiger partial charge < -0.3 is 15.3 Å². The zero-order valence-electron chi connectivity index (χ0n) is 13.1. The van der Waals surface area contributed by atoms with Crippen LogP contribution in [0.25, 0.3) is 0 Å². The molecular weight excluding hydrogens is 268 g/mol. The molecule has 2 aliphatic rings. The molecule has 1 aliphatic heterocycles. The maximum atomic E-state index is 12.5. The van der Waals surface area contributed by atoms with Crippen LogP contribution in [0.2, 0.25) is 0 Å². The third-order valence-corrected chi connectivity index (χ3v) is 5.03. The Hall–Kier alpha value is -1.26.